The third-order valence-corrected chi connectivity index (χ3v) is 8.87. The number of aliphatic carboxylic acids is 1. The number of H-pyrrole nitrogens is 1. The van der Waals surface area contributed by atoms with Crippen LogP contribution in [0.5, 0.6) is 5.75 Å². The molecule has 3 fully saturated rings. The van der Waals surface area contributed by atoms with Crippen molar-refractivity contribution in [1.29, 1.82) is 0 Å². The van der Waals surface area contributed by atoms with Gasteiger partial charge in [-0.25, -0.2) is 0 Å². The number of likely N-dealkylation sites (tertiary alicyclic amines) is 1. The number of aromatic amines is 1. The number of imide groups is 1. The lowest BCUT2D eigenvalue weighted by molar-refractivity contribution is -0.152. The lowest BCUT2D eigenvalue weighted by Gasteiger charge is -2.34. The molecular weight excluding hydrogens is 494 g/mol. The van der Waals surface area contributed by atoms with E-state index in [4.69, 9.17) is 4.74 Å². The number of carboxylic acids is 1. The number of aromatic nitrogens is 1. The lowest BCUT2D eigenvalue weighted by atomic mass is 9.76. The topological polar surface area (TPSA) is 112 Å². The zero-order chi connectivity index (χ0) is 27.1. The molecule has 2 amide bonds. The minimum Gasteiger partial charge on any atom is -0.494 e. The fourth-order valence-corrected chi connectivity index (χ4v) is 7.02. The standard InChI is InChI=1S/C31H35N3O5/c1-2-16-39-22-14-12-19(13-15-22)27-25-26(29(36)34(28(25)35)21-8-4-3-5-9-21)31(33-27,30(37)38)17-20-18-32-24-11-7-6-10-23(20)24/h6-7,10-15,18,21,25-27,32-33H,2-5,8-9,16-17H2,1H3,(H,37,38). The summed E-state index contributed by atoms with van der Waals surface area (Å²) in [7, 11) is 0. The van der Waals surface area contributed by atoms with Gasteiger partial charge in [-0.15, -0.1) is 0 Å². The smallest absolute Gasteiger partial charge is 0.325 e. The molecule has 1 aliphatic carbocycles. The highest BCUT2D eigenvalue weighted by molar-refractivity contribution is 6.10. The van der Waals surface area contributed by atoms with E-state index in [0.29, 0.717) is 6.61 Å². The Balaban J connectivity index is 1.43. The van der Waals surface area contributed by atoms with E-state index in [1.165, 1.54) is 4.90 Å². The number of hydrogen-bond donors (Lipinski definition) is 3. The monoisotopic (exact) mass is 529 g/mol. The van der Waals surface area contributed by atoms with Gasteiger partial charge in [0.25, 0.3) is 0 Å². The highest BCUT2D eigenvalue weighted by Crippen LogP contribution is 2.51. The van der Waals surface area contributed by atoms with Crippen LogP contribution in [0.4, 0.5) is 0 Å². The fraction of sp³-hybridized carbons (Fsp3) is 0.452. The molecule has 3 heterocycles. The number of carbonyl (C=O) groups excluding carboxylic acids is 2. The van der Waals surface area contributed by atoms with Gasteiger partial charge in [0.2, 0.25) is 11.8 Å². The summed E-state index contributed by atoms with van der Waals surface area (Å²) < 4.78 is 5.74. The molecule has 204 valence electrons. The van der Waals surface area contributed by atoms with Gasteiger partial charge in [-0.3, -0.25) is 24.6 Å². The van der Waals surface area contributed by atoms with Crippen LogP contribution < -0.4 is 10.1 Å². The molecule has 0 bridgehead atoms. The summed E-state index contributed by atoms with van der Waals surface area (Å²) in [6, 6.07) is 14.4. The summed E-state index contributed by atoms with van der Waals surface area (Å²) >= 11 is 0. The average molecular weight is 530 g/mol. The van der Waals surface area contributed by atoms with Gasteiger partial charge in [0.15, 0.2) is 0 Å². The molecule has 1 aromatic heterocycles. The predicted molar refractivity (Wildman–Crippen MR) is 146 cm³/mol. The van der Waals surface area contributed by atoms with E-state index in [-0.39, 0.29) is 24.3 Å². The number of carbonyl (C=O) groups is 3. The van der Waals surface area contributed by atoms with E-state index in [2.05, 4.69) is 10.3 Å². The van der Waals surface area contributed by atoms with Gasteiger partial charge in [-0.1, -0.05) is 56.5 Å². The van der Waals surface area contributed by atoms with Gasteiger partial charge in [-0.05, 0) is 48.6 Å². The Morgan fingerprint density at radius 3 is 2.51 bits per heavy atom. The van der Waals surface area contributed by atoms with Gasteiger partial charge in [0.05, 0.1) is 18.4 Å². The first kappa shape index (κ1) is 25.6. The van der Waals surface area contributed by atoms with Crippen LogP contribution in [0.2, 0.25) is 0 Å². The zero-order valence-electron chi connectivity index (χ0n) is 22.2. The molecule has 4 atom stereocenters. The van der Waals surface area contributed by atoms with E-state index in [1.807, 2.05) is 61.7 Å². The first-order valence-corrected chi connectivity index (χ1v) is 14.1. The van der Waals surface area contributed by atoms with Gasteiger partial charge in [-0.2, -0.15) is 0 Å². The maximum atomic E-state index is 14.1. The van der Waals surface area contributed by atoms with Crippen LogP contribution in [0, 0.1) is 11.8 Å². The maximum Gasteiger partial charge on any atom is 0.325 e. The molecule has 6 rings (SSSR count). The van der Waals surface area contributed by atoms with Crippen LogP contribution in [-0.4, -0.2) is 51.0 Å². The van der Waals surface area contributed by atoms with Crippen molar-refractivity contribution in [3.63, 3.8) is 0 Å². The molecule has 1 saturated carbocycles. The first-order chi connectivity index (χ1) is 18.9. The molecule has 2 aromatic carbocycles. The van der Waals surface area contributed by atoms with Gasteiger partial charge < -0.3 is 14.8 Å². The SMILES string of the molecule is CCCOc1ccc(C2NC(Cc3c[nH]c4ccccc34)(C(=O)O)C3C(=O)N(C4CCCCC4)C(=O)C23)cc1. The summed E-state index contributed by atoms with van der Waals surface area (Å²) in [4.78, 5) is 46.1. The molecule has 0 radical (unpaired) electrons. The molecule has 0 spiro atoms. The predicted octanol–water partition coefficient (Wildman–Crippen LogP) is 4.60. The number of carboxylic acid groups (broad SMARTS) is 1. The summed E-state index contributed by atoms with van der Waals surface area (Å²) in [5.74, 6) is -2.78. The Kier molecular flexibility index (Phi) is 6.67. The summed E-state index contributed by atoms with van der Waals surface area (Å²) in [5, 5.41) is 15.1. The summed E-state index contributed by atoms with van der Waals surface area (Å²) in [6.45, 7) is 2.64. The van der Waals surface area contributed by atoms with Crippen molar-refractivity contribution < 1.29 is 24.2 Å². The Hall–Kier alpha value is -3.65. The minimum atomic E-state index is -1.63. The maximum absolute atomic E-state index is 14.1. The quantitative estimate of drug-likeness (QED) is 0.368. The van der Waals surface area contributed by atoms with E-state index in [1.54, 1.807) is 0 Å². The summed E-state index contributed by atoms with van der Waals surface area (Å²) in [5.41, 5.74) is 0.856. The highest BCUT2D eigenvalue weighted by atomic mass is 16.5. The second-order valence-electron chi connectivity index (χ2n) is 11.2. The van der Waals surface area contributed by atoms with Crippen molar-refractivity contribution >= 4 is 28.7 Å². The highest BCUT2D eigenvalue weighted by Gasteiger charge is 2.69. The largest absolute Gasteiger partial charge is 0.494 e. The molecule has 39 heavy (non-hydrogen) atoms. The number of rotatable bonds is 8. The molecule has 2 aliphatic heterocycles. The molecule has 8 heteroatoms. The van der Waals surface area contributed by atoms with E-state index < -0.39 is 29.4 Å². The Morgan fingerprint density at radius 2 is 1.79 bits per heavy atom. The van der Waals surface area contributed by atoms with Crippen LogP contribution in [0.15, 0.2) is 54.7 Å². The molecule has 3 aromatic rings. The van der Waals surface area contributed by atoms with Crippen LogP contribution in [0.3, 0.4) is 0 Å². The number of fused-ring (bicyclic) bond motifs is 2. The molecule has 2 saturated heterocycles. The molecule has 4 unspecified atom stereocenters. The fourth-order valence-electron chi connectivity index (χ4n) is 7.02. The normalized spacial score (nSPS) is 27.3. The number of ether oxygens (including phenoxy) is 1. The van der Waals surface area contributed by atoms with E-state index in [9.17, 15) is 19.5 Å². The number of para-hydroxylation sites is 1. The van der Waals surface area contributed by atoms with E-state index >= 15 is 0 Å². The van der Waals surface area contributed by atoms with Crippen molar-refractivity contribution in [2.24, 2.45) is 11.8 Å². The van der Waals surface area contributed by atoms with Gasteiger partial charge >= 0.3 is 5.97 Å². The van der Waals surface area contributed by atoms with Crippen LogP contribution in [0.25, 0.3) is 10.9 Å². The van der Waals surface area contributed by atoms with E-state index in [0.717, 1.165) is 66.3 Å². The third-order valence-electron chi connectivity index (χ3n) is 8.87. The average Bonchev–Trinajstić information content (AvgIpc) is 3.60. The van der Waals surface area contributed by atoms with Crippen molar-refractivity contribution in [1.82, 2.24) is 15.2 Å². The number of benzene rings is 2. The van der Waals surface area contributed by atoms with Crippen molar-refractivity contribution in [3.8, 4) is 5.75 Å². The Morgan fingerprint density at radius 1 is 1.05 bits per heavy atom. The number of amides is 2. The van der Waals surface area contributed by atoms with Crippen molar-refractivity contribution in [2.75, 3.05) is 6.61 Å². The second kappa shape index (κ2) is 10.2. The zero-order valence-corrected chi connectivity index (χ0v) is 22.2. The Labute approximate surface area is 227 Å². The number of nitrogens with zero attached hydrogens (tertiary/aromatic N) is 1. The third kappa shape index (κ3) is 4.22. The minimum absolute atomic E-state index is 0.0826. The molecule has 3 N–H and O–H groups in total. The van der Waals surface area contributed by atoms with Crippen molar-refractivity contribution in [2.45, 2.75) is 69.5 Å². The van der Waals surface area contributed by atoms with Crippen LogP contribution in [0.1, 0.15) is 62.6 Å². The van der Waals surface area contributed by atoms with Crippen LogP contribution in [-0.2, 0) is 20.8 Å². The van der Waals surface area contributed by atoms with Crippen molar-refractivity contribution in [3.05, 3.63) is 65.9 Å². The number of nitrogens with one attached hydrogen (secondary N) is 2. The van der Waals surface area contributed by atoms with Gasteiger partial charge in [0.1, 0.15) is 11.3 Å². The summed E-state index contributed by atoms with van der Waals surface area (Å²) in [6.07, 6.45) is 7.38. The first-order valence-electron chi connectivity index (χ1n) is 14.1. The van der Waals surface area contributed by atoms with Gasteiger partial charge in [0, 0.05) is 35.6 Å². The lowest BCUT2D eigenvalue weighted by Crippen LogP contribution is -2.58. The number of hydrogen-bond acceptors (Lipinski definition) is 5. The Bertz CT molecular complexity index is 1390. The molecule has 8 nitrogen and oxygen atoms in total. The second-order valence-corrected chi connectivity index (χ2v) is 11.2. The molecule has 3 aliphatic rings. The molecular formula is C31H35N3O5. The van der Waals surface area contributed by atoms with Crippen LogP contribution >= 0.6 is 0 Å².